The highest BCUT2D eigenvalue weighted by Crippen LogP contribution is 2.33. The smallest absolute Gasteiger partial charge is 0.226 e. The molecule has 5 heteroatoms. The molecule has 1 aromatic carbocycles. The molecule has 0 unspecified atom stereocenters. The third-order valence-corrected chi connectivity index (χ3v) is 4.55. The normalized spacial score (nSPS) is 18.3. The highest BCUT2D eigenvalue weighted by atomic mass is 16.5. The highest BCUT2D eigenvalue weighted by molar-refractivity contribution is 5.53. The number of aromatic nitrogens is 2. The van der Waals surface area contributed by atoms with Crippen LogP contribution in [0.1, 0.15) is 41.6 Å². The molecule has 5 nitrogen and oxygen atoms in total. The lowest BCUT2D eigenvalue weighted by molar-refractivity contribution is 0.204. The number of oxazole rings is 1. The first-order chi connectivity index (χ1) is 11.7. The maximum Gasteiger partial charge on any atom is 0.226 e. The fourth-order valence-electron chi connectivity index (χ4n) is 3.29. The molecule has 1 fully saturated rings. The van der Waals surface area contributed by atoms with Crippen molar-refractivity contribution >= 4 is 0 Å². The average Bonchev–Trinajstić information content (AvgIpc) is 3.30. The predicted octanol–water partition coefficient (Wildman–Crippen LogP) is 4.28. The minimum absolute atomic E-state index is 0.283. The molecule has 0 amide bonds. The van der Waals surface area contributed by atoms with Crippen molar-refractivity contribution in [2.24, 2.45) is 0 Å². The molecule has 0 N–H and O–H groups in total. The summed E-state index contributed by atoms with van der Waals surface area (Å²) in [6.45, 7) is 5.83. The summed E-state index contributed by atoms with van der Waals surface area (Å²) in [5.41, 5.74) is 4.12. The fourth-order valence-corrected chi connectivity index (χ4v) is 3.29. The molecule has 3 heterocycles. The van der Waals surface area contributed by atoms with Crippen molar-refractivity contribution in [3.8, 4) is 11.5 Å². The zero-order valence-electron chi connectivity index (χ0n) is 14.0. The second-order valence-corrected chi connectivity index (χ2v) is 6.51. The summed E-state index contributed by atoms with van der Waals surface area (Å²) in [6, 6.07) is 10.5. The molecule has 3 aromatic rings. The molecule has 4 rings (SSSR count). The number of rotatable bonds is 4. The van der Waals surface area contributed by atoms with Gasteiger partial charge in [0.25, 0.3) is 0 Å². The minimum Gasteiger partial charge on any atom is -0.444 e. The van der Waals surface area contributed by atoms with Crippen LogP contribution in [-0.4, -0.2) is 21.6 Å². The zero-order chi connectivity index (χ0) is 16.5. The van der Waals surface area contributed by atoms with Crippen LogP contribution in [0.4, 0.5) is 0 Å². The molecule has 0 bridgehead atoms. The van der Waals surface area contributed by atoms with E-state index < -0.39 is 0 Å². The largest absolute Gasteiger partial charge is 0.444 e. The van der Waals surface area contributed by atoms with Crippen LogP contribution in [0, 0.1) is 13.8 Å². The highest BCUT2D eigenvalue weighted by Gasteiger charge is 2.29. The topological polar surface area (TPSA) is 55.3 Å². The van der Waals surface area contributed by atoms with Crippen molar-refractivity contribution in [3.63, 3.8) is 0 Å². The van der Waals surface area contributed by atoms with Crippen LogP contribution in [0.15, 0.2) is 45.5 Å². The Kier molecular flexibility index (Phi) is 3.94. The number of benzene rings is 1. The van der Waals surface area contributed by atoms with Gasteiger partial charge in [0.2, 0.25) is 5.89 Å². The predicted molar refractivity (Wildman–Crippen MR) is 90.3 cm³/mol. The summed E-state index contributed by atoms with van der Waals surface area (Å²) < 4.78 is 11.1. The van der Waals surface area contributed by atoms with Crippen molar-refractivity contribution < 1.29 is 8.94 Å². The summed E-state index contributed by atoms with van der Waals surface area (Å²) in [7, 11) is 0. The monoisotopic (exact) mass is 323 g/mol. The van der Waals surface area contributed by atoms with E-state index in [1.54, 1.807) is 6.26 Å². The Morgan fingerprint density at radius 3 is 2.79 bits per heavy atom. The van der Waals surface area contributed by atoms with Crippen molar-refractivity contribution in [2.75, 3.05) is 6.54 Å². The molecule has 0 spiro atoms. The molecule has 1 aliphatic heterocycles. The molecule has 0 saturated carbocycles. The van der Waals surface area contributed by atoms with Gasteiger partial charge in [-0.05, 0) is 45.4 Å². The second-order valence-electron chi connectivity index (χ2n) is 6.51. The zero-order valence-corrected chi connectivity index (χ0v) is 14.0. The van der Waals surface area contributed by atoms with E-state index in [1.807, 2.05) is 25.1 Å². The Labute approximate surface area is 141 Å². The van der Waals surface area contributed by atoms with Gasteiger partial charge in [-0.25, -0.2) is 4.98 Å². The molecular formula is C19H21N3O2. The van der Waals surface area contributed by atoms with Crippen LogP contribution in [-0.2, 0) is 6.54 Å². The van der Waals surface area contributed by atoms with Gasteiger partial charge in [0.05, 0.1) is 17.4 Å². The number of nitrogens with zero attached hydrogens (tertiary/aromatic N) is 3. The Balaban J connectivity index is 1.50. The Morgan fingerprint density at radius 1 is 1.21 bits per heavy atom. The fraction of sp³-hybridized carbons (Fsp3) is 0.368. The van der Waals surface area contributed by atoms with Crippen LogP contribution in [0.5, 0.6) is 0 Å². The minimum atomic E-state index is 0.283. The van der Waals surface area contributed by atoms with E-state index in [2.05, 4.69) is 34.1 Å². The summed E-state index contributed by atoms with van der Waals surface area (Å²) in [6.07, 6.45) is 4.01. The number of hydrogen-bond acceptors (Lipinski definition) is 5. The van der Waals surface area contributed by atoms with Gasteiger partial charge in [-0.15, -0.1) is 0 Å². The molecule has 2 aromatic heterocycles. The first-order valence-electron chi connectivity index (χ1n) is 8.38. The van der Waals surface area contributed by atoms with Gasteiger partial charge in [-0.2, -0.15) is 0 Å². The lowest BCUT2D eigenvalue weighted by Gasteiger charge is -2.20. The molecular weight excluding hydrogens is 302 g/mol. The van der Waals surface area contributed by atoms with E-state index in [4.69, 9.17) is 8.94 Å². The lowest BCUT2D eigenvalue weighted by atomic mass is 10.1. The SMILES string of the molecule is Cc1ccc(-c2nc(CN3CCC[C@@H]3c3cc(C)no3)co2)cc1. The number of aryl methyl sites for hydroxylation is 2. The van der Waals surface area contributed by atoms with Gasteiger partial charge in [0.15, 0.2) is 5.76 Å². The van der Waals surface area contributed by atoms with Gasteiger partial charge in [-0.3, -0.25) is 4.90 Å². The van der Waals surface area contributed by atoms with E-state index >= 15 is 0 Å². The van der Waals surface area contributed by atoms with Crippen LogP contribution in [0.3, 0.4) is 0 Å². The van der Waals surface area contributed by atoms with E-state index in [-0.39, 0.29) is 6.04 Å². The van der Waals surface area contributed by atoms with Crippen LogP contribution in [0.2, 0.25) is 0 Å². The van der Waals surface area contributed by atoms with Crippen molar-refractivity contribution in [1.29, 1.82) is 0 Å². The maximum atomic E-state index is 5.67. The molecule has 0 aliphatic carbocycles. The van der Waals surface area contributed by atoms with Crippen LogP contribution >= 0.6 is 0 Å². The maximum absolute atomic E-state index is 5.67. The standard InChI is InChI=1S/C19H21N3O2/c1-13-5-7-15(8-6-13)19-20-16(12-23-19)11-22-9-3-4-17(22)18-10-14(2)21-24-18/h5-8,10,12,17H,3-4,9,11H2,1-2H3/t17-/m1/s1. The first kappa shape index (κ1) is 15.1. The molecule has 1 aliphatic rings. The molecule has 1 atom stereocenters. The van der Waals surface area contributed by atoms with Crippen LogP contribution in [0.25, 0.3) is 11.5 Å². The van der Waals surface area contributed by atoms with E-state index in [9.17, 15) is 0 Å². The quantitative estimate of drug-likeness (QED) is 0.717. The molecule has 0 radical (unpaired) electrons. The average molecular weight is 323 g/mol. The summed E-state index contributed by atoms with van der Waals surface area (Å²) in [4.78, 5) is 7.04. The van der Waals surface area contributed by atoms with Crippen molar-refractivity contribution in [1.82, 2.24) is 15.0 Å². The third-order valence-electron chi connectivity index (χ3n) is 4.55. The van der Waals surface area contributed by atoms with Gasteiger partial charge in [0, 0.05) is 18.2 Å². The second kappa shape index (κ2) is 6.24. The van der Waals surface area contributed by atoms with Crippen LogP contribution < -0.4 is 0 Å². The lowest BCUT2D eigenvalue weighted by Crippen LogP contribution is -2.22. The Morgan fingerprint density at radius 2 is 2.04 bits per heavy atom. The summed E-state index contributed by atoms with van der Waals surface area (Å²) in [5.74, 6) is 1.63. The number of hydrogen-bond donors (Lipinski definition) is 0. The van der Waals surface area contributed by atoms with Gasteiger partial charge < -0.3 is 8.94 Å². The summed E-state index contributed by atoms with van der Waals surface area (Å²) >= 11 is 0. The molecule has 1 saturated heterocycles. The van der Waals surface area contributed by atoms with E-state index in [1.165, 1.54) is 5.56 Å². The number of likely N-dealkylation sites (tertiary alicyclic amines) is 1. The summed E-state index contributed by atoms with van der Waals surface area (Å²) in [5, 5.41) is 4.02. The van der Waals surface area contributed by atoms with Gasteiger partial charge in [0.1, 0.15) is 6.26 Å². The first-order valence-corrected chi connectivity index (χ1v) is 8.38. The van der Waals surface area contributed by atoms with Gasteiger partial charge >= 0.3 is 0 Å². The Hall–Kier alpha value is -2.40. The van der Waals surface area contributed by atoms with Gasteiger partial charge in [-0.1, -0.05) is 22.9 Å². The van der Waals surface area contributed by atoms with E-state index in [0.29, 0.717) is 5.89 Å². The Bertz CT molecular complexity index is 819. The van der Waals surface area contributed by atoms with Crippen molar-refractivity contribution in [3.05, 3.63) is 59.3 Å². The third kappa shape index (κ3) is 2.99. The van der Waals surface area contributed by atoms with Crippen molar-refractivity contribution in [2.45, 2.75) is 39.3 Å². The van der Waals surface area contributed by atoms with E-state index in [0.717, 1.165) is 48.6 Å². The molecule has 24 heavy (non-hydrogen) atoms. The molecule has 124 valence electrons.